The number of hydrogen-bond acceptors (Lipinski definition) is 4. The molecule has 0 aliphatic carbocycles. The molecule has 0 bridgehead atoms. The first-order chi connectivity index (χ1) is 7.87. The van der Waals surface area contributed by atoms with Crippen molar-refractivity contribution in [1.82, 2.24) is 9.78 Å². The molecule has 0 radical (unpaired) electrons. The lowest BCUT2D eigenvalue weighted by atomic mass is 10.1. The highest BCUT2D eigenvalue weighted by Crippen LogP contribution is 2.16. The van der Waals surface area contributed by atoms with Crippen LogP contribution in [0.15, 0.2) is 6.07 Å². The molecule has 0 aliphatic rings. The van der Waals surface area contributed by atoms with Crippen molar-refractivity contribution < 1.29 is 8.42 Å². The molecular formula is C11H21N3O2S. The molecule has 0 amide bonds. The lowest BCUT2D eigenvalue weighted by Gasteiger charge is -2.12. The predicted molar refractivity (Wildman–Crippen MR) is 68.5 cm³/mol. The lowest BCUT2D eigenvalue weighted by Crippen LogP contribution is -2.19. The molecule has 0 saturated carbocycles. The van der Waals surface area contributed by atoms with Gasteiger partial charge in [-0.15, -0.1) is 0 Å². The zero-order chi connectivity index (χ0) is 13.1. The van der Waals surface area contributed by atoms with Crippen LogP contribution in [0.25, 0.3) is 0 Å². The summed E-state index contributed by atoms with van der Waals surface area (Å²) in [4.78, 5) is 0. The van der Waals surface area contributed by atoms with Gasteiger partial charge in [-0.1, -0.05) is 6.92 Å². The van der Waals surface area contributed by atoms with Gasteiger partial charge in [0.25, 0.3) is 0 Å². The van der Waals surface area contributed by atoms with E-state index in [1.807, 2.05) is 24.6 Å². The summed E-state index contributed by atoms with van der Waals surface area (Å²) < 4.78 is 24.1. The molecule has 5 nitrogen and oxygen atoms in total. The van der Waals surface area contributed by atoms with E-state index < -0.39 is 9.84 Å². The number of hydrogen-bond donors (Lipinski definition) is 1. The molecule has 0 saturated heterocycles. The third kappa shape index (κ3) is 4.12. The number of sulfone groups is 1. The molecule has 2 N–H and O–H groups in total. The van der Waals surface area contributed by atoms with Crippen LogP contribution in [0.5, 0.6) is 0 Å². The van der Waals surface area contributed by atoms with Crippen LogP contribution in [-0.2, 0) is 22.8 Å². The first-order valence-electron chi connectivity index (χ1n) is 5.87. The summed E-state index contributed by atoms with van der Waals surface area (Å²) in [5.41, 5.74) is 7.94. The van der Waals surface area contributed by atoms with Gasteiger partial charge in [0.15, 0.2) is 0 Å². The molecule has 0 fully saturated rings. The van der Waals surface area contributed by atoms with E-state index in [-0.39, 0.29) is 11.8 Å². The van der Waals surface area contributed by atoms with Crippen molar-refractivity contribution in [2.45, 2.75) is 39.3 Å². The van der Waals surface area contributed by atoms with E-state index in [0.29, 0.717) is 6.42 Å². The van der Waals surface area contributed by atoms with Crippen LogP contribution in [0.2, 0.25) is 0 Å². The van der Waals surface area contributed by atoms with Gasteiger partial charge in [0, 0.05) is 18.8 Å². The Kier molecular flexibility index (Phi) is 4.70. The minimum absolute atomic E-state index is 0.116. The third-order valence-electron chi connectivity index (χ3n) is 2.70. The highest BCUT2D eigenvalue weighted by atomic mass is 32.2. The molecule has 6 heteroatoms. The van der Waals surface area contributed by atoms with Gasteiger partial charge in [-0.05, 0) is 25.8 Å². The van der Waals surface area contributed by atoms with Crippen molar-refractivity contribution in [3.63, 3.8) is 0 Å². The van der Waals surface area contributed by atoms with E-state index in [4.69, 9.17) is 5.73 Å². The molecule has 1 aromatic rings. The number of aromatic nitrogens is 2. The van der Waals surface area contributed by atoms with Crippen LogP contribution in [-0.4, -0.2) is 30.2 Å². The maximum absolute atomic E-state index is 11.1. The van der Waals surface area contributed by atoms with Crippen molar-refractivity contribution >= 4 is 9.84 Å². The molecule has 1 aromatic heterocycles. The van der Waals surface area contributed by atoms with E-state index in [1.54, 1.807) is 0 Å². The van der Waals surface area contributed by atoms with E-state index in [9.17, 15) is 8.42 Å². The summed E-state index contributed by atoms with van der Waals surface area (Å²) in [6.45, 7) is 4.79. The van der Waals surface area contributed by atoms with Crippen LogP contribution >= 0.6 is 0 Å². The number of aryl methyl sites for hydroxylation is 2. The van der Waals surface area contributed by atoms with Crippen LogP contribution in [0, 0.1) is 0 Å². The Morgan fingerprint density at radius 2 is 2.12 bits per heavy atom. The van der Waals surface area contributed by atoms with Crippen molar-refractivity contribution in [1.29, 1.82) is 0 Å². The quantitative estimate of drug-likeness (QED) is 0.823. The van der Waals surface area contributed by atoms with Gasteiger partial charge in [0.05, 0.1) is 17.1 Å². The molecule has 0 aromatic carbocycles. The lowest BCUT2D eigenvalue weighted by molar-refractivity contribution is 0.551. The summed E-state index contributed by atoms with van der Waals surface area (Å²) in [5.74, 6) is 0.116. The highest BCUT2D eigenvalue weighted by Gasteiger charge is 2.15. The summed E-state index contributed by atoms with van der Waals surface area (Å²) in [6.07, 6.45) is 2.53. The molecule has 17 heavy (non-hydrogen) atoms. The normalized spacial score (nSPS) is 13.9. The van der Waals surface area contributed by atoms with Gasteiger partial charge in [0.1, 0.15) is 9.84 Å². The fourth-order valence-corrected chi connectivity index (χ4v) is 2.38. The van der Waals surface area contributed by atoms with Gasteiger partial charge in [-0.25, -0.2) is 8.42 Å². The molecule has 1 atom stereocenters. The Morgan fingerprint density at radius 3 is 2.59 bits per heavy atom. The van der Waals surface area contributed by atoms with E-state index in [1.165, 1.54) is 6.26 Å². The van der Waals surface area contributed by atoms with Gasteiger partial charge >= 0.3 is 0 Å². The zero-order valence-corrected chi connectivity index (χ0v) is 11.5. The van der Waals surface area contributed by atoms with Crippen molar-refractivity contribution in [2.24, 2.45) is 5.73 Å². The van der Waals surface area contributed by atoms with Gasteiger partial charge < -0.3 is 5.73 Å². The Hall–Kier alpha value is -0.880. The molecule has 0 spiro atoms. The smallest absolute Gasteiger partial charge is 0.147 e. The van der Waals surface area contributed by atoms with E-state index >= 15 is 0 Å². The Bertz CT molecular complexity index is 465. The van der Waals surface area contributed by atoms with Crippen LogP contribution in [0.1, 0.15) is 37.7 Å². The zero-order valence-electron chi connectivity index (χ0n) is 10.7. The van der Waals surface area contributed by atoms with Gasteiger partial charge in [-0.2, -0.15) is 5.10 Å². The molecule has 1 rings (SSSR count). The molecule has 1 heterocycles. The summed E-state index contributed by atoms with van der Waals surface area (Å²) in [5, 5.41) is 4.40. The van der Waals surface area contributed by atoms with Crippen LogP contribution in [0.4, 0.5) is 0 Å². The molecule has 1 unspecified atom stereocenters. The highest BCUT2D eigenvalue weighted by molar-refractivity contribution is 7.90. The predicted octanol–water partition coefficient (Wildman–Crippen LogP) is 0.900. The topological polar surface area (TPSA) is 78.0 Å². The number of nitrogens with zero attached hydrogens (tertiary/aromatic N) is 2. The minimum Gasteiger partial charge on any atom is -0.323 e. The fraction of sp³-hybridized carbons (Fsp3) is 0.727. The first kappa shape index (κ1) is 14.2. The van der Waals surface area contributed by atoms with Crippen LogP contribution < -0.4 is 5.73 Å². The Balaban J connectivity index is 2.80. The summed E-state index contributed by atoms with van der Waals surface area (Å²) in [7, 11) is -2.96. The minimum atomic E-state index is -2.96. The van der Waals surface area contributed by atoms with Gasteiger partial charge in [-0.3, -0.25) is 4.68 Å². The SMILES string of the molecule is CCc1cc(C(N)CCS(C)(=O)=O)n(CC)n1. The third-order valence-corrected chi connectivity index (χ3v) is 3.68. The number of rotatable bonds is 6. The van der Waals surface area contributed by atoms with E-state index in [2.05, 4.69) is 5.10 Å². The molecule has 98 valence electrons. The number of nitrogens with two attached hydrogens (primary N) is 1. The maximum Gasteiger partial charge on any atom is 0.147 e. The van der Waals surface area contributed by atoms with E-state index in [0.717, 1.165) is 24.4 Å². The Labute approximate surface area is 103 Å². The summed E-state index contributed by atoms with van der Waals surface area (Å²) >= 11 is 0. The Morgan fingerprint density at radius 1 is 1.47 bits per heavy atom. The average molecular weight is 259 g/mol. The maximum atomic E-state index is 11.1. The second-order valence-electron chi connectivity index (χ2n) is 4.25. The monoisotopic (exact) mass is 259 g/mol. The molecular weight excluding hydrogens is 238 g/mol. The average Bonchev–Trinajstić information content (AvgIpc) is 2.68. The standard InChI is InChI=1S/C11H21N3O2S/c1-4-9-8-11(14(5-2)13-9)10(12)6-7-17(3,15)16/h8,10H,4-7,12H2,1-3H3. The molecule has 0 aliphatic heterocycles. The first-order valence-corrected chi connectivity index (χ1v) is 7.93. The second kappa shape index (κ2) is 5.64. The van der Waals surface area contributed by atoms with Crippen molar-refractivity contribution in [3.05, 3.63) is 17.5 Å². The fourth-order valence-electron chi connectivity index (χ4n) is 1.70. The second-order valence-corrected chi connectivity index (χ2v) is 6.51. The van der Waals surface area contributed by atoms with Crippen molar-refractivity contribution in [3.8, 4) is 0 Å². The summed E-state index contributed by atoms with van der Waals surface area (Å²) in [6, 6.07) is 1.70. The van der Waals surface area contributed by atoms with Crippen LogP contribution in [0.3, 0.4) is 0 Å². The largest absolute Gasteiger partial charge is 0.323 e. The van der Waals surface area contributed by atoms with Crippen molar-refractivity contribution in [2.75, 3.05) is 12.0 Å². The van der Waals surface area contributed by atoms with Gasteiger partial charge in [0.2, 0.25) is 0 Å².